The number of halogens is 5. The number of likely N-dealkylation sites (tertiary alicyclic amines) is 1. The molecule has 11 nitrogen and oxygen atoms in total. The van der Waals surface area contributed by atoms with Gasteiger partial charge >= 0.3 is 18.5 Å². The number of piperidine rings is 1. The maximum atomic E-state index is 17.0. The van der Waals surface area contributed by atoms with Crippen molar-refractivity contribution in [2.45, 2.75) is 110 Å². The lowest BCUT2D eigenvalue weighted by atomic mass is 9.97. The summed E-state index contributed by atoms with van der Waals surface area (Å²) in [5.74, 6) is -5.19. The van der Waals surface area contributed by atoms with Gasteiger partial charge in [-0.15, -0.1) is 13.2 Å². The van der Waals surface area contributed by atoms with Crippen molar-refractivity contribution in [3.63, 3.8) is 0 Å². The summed E-state index contributed by atoms with van der Waals surface area (Å²) in [6.45, 7) is 13.7. The topological polar surface area (TPSA) is 125 Å². The van der Waals surface area contributed by atoms with Crippen LogP contribution in [0.15, 0.2) is 12.1 Å². The molecule has 4 atom stereocenters. The molecule has 1 aliphatic heterocycles. The SMILES string of the molecule is CC(C)c1nc(-c2cc(NC(=O)OC(C)(C)C)cc(F)c2OC(F)(F)F)c(F)c2c1c([C@@H]1[C@H]3CN(C(=O)OC(C)(C)C)[C@H](C=O)[C@H]31)nn2C1CC1. The van der Waals surface area contributed by atoms with E-state index in [0.29, 0.717) is 36.3 Å². The highest BCUT2D eigenvalue weighted by Gasteiger charge is 2.65. The van der Waals surface area contributed by atoms with Gasteiger partial charge in [0.25, 0.3) is 0 Å². The molecule has 0 bridgehead atoms. The minimum absolute atomic E-state index is 0.0262. The van der Waals surface area contributed by atoms with Gasteiger partial charge in [-0.2, -0.15) is 5.10 Å². The van der Waals surface area contributed by atoms with E-state index in [4.69, 9.17) is 14.6 Å². The number of alkyl halides is 3. The van der Waals surface area contributed by atoms with Crippen LogP contribution in [0.2, 0.25) is 0 Å². The Morgan fingerprint density at radius 2 is 1.67 bits per heavy atom. The molecule has 1 saturated heterocycles. The molecule has 3 fully saturated rings. The van der Waals surface area contributed by atoms with E-state index in [1.807, 2.05) is 0 Å². The van der Waals surface area contributed by atoms with Crippen molar-refractivity contribution in [3.05, 3.63) is 35.2 Å². The Morgan fingerprint density at radius 1 is 1.02 bits per heavy atom. The molecule has 6 rings (SSSR count). The number of carbonyl (C=O) groups is 3. The second kappa shape index (κ2) is 12.3. The molecule has 1 N–H and O–H groups in total. The fourth-order valence-corrected chi connectivity index (χ4v) is 6.87. The summed E-state index contributed by atoms with van der Waals surface area (Å²) in [5.41, 5.74) is -2.65. The van der Waals surface area contributed by atoms with E-state index >= 15 is 8.78 Å². The van der Waals surface area contributed by atoms with Gasteiger partial charge in [0, 0.05) is 35.5 Å². The highest BCUT2D eigenvalue weighted by atomic mass is 19.4. The van der Waals surface area contributed by atoms with Crippen LogP contribution in [-0.2, 0) is 14.3 Å². The Labute approximate surface area is 290 Å². The van der Waals surface area contributed by atoms with Gasteiger partial charge in [-0.3, -0.25) is 14.9 Å². The number of aldehydes is 1. The summed E-state index contributed by atoms with van der Waals surface area (Å²) < 4.78 is 89.7. The van der Waals surface area contributed by atoms with E-state index in [-0.39, 0.29) is 47.2 Å². The third-order valence-corrected chi connectivity index (χ3v) is 8.92. The van der Waals surface area contributed by atoms with Crippen molar-refractivity contribution in [1.29, 1.82) is 0 Å². The van der Waals surface area contributed by atoms with Gasteiger partial charge in [0.1, 0.15) is 28.7 Å². The van der Waals surface area contributed by atoms with Crippen molar-refractivity contribution in [2.75, 3.05) is 11.9 Å². The average Bonchev–Trinajstić information content (AvgIpc) is 3.87. The molecule has 0 radical (unpaired) electrons. The number of fused-ring (bicyclic) bond motifs is 2. The van der Waals surface area contributed by atoms with Crippen LogP contribution in [0, 0.1) is 23.5 Å². The van der Waals surface area contributed by atoms with Gasteiger partial charge in [-0.05, 0) is 72.3 Å². The first-order valence-corrected chi connectivity index (χ1v) is 16.7. The number of hydrogen-bond donors (Lipinski definition) is 1. The van der Waals surface area contributed by atoms with Crippen LogP contribution in [0.1, 0.15) is 97.5 Å². The first-order valence-electron chi connectivity index (χ1n) is 16.7. The predicted molar refractivity (Wildman–Crippen MR) is 174 cm³/mol. The fraction of sp³-hybridized carbons (Fsp3) is 0.571. The molecule has 3 aromatic rings. The number of ether oxygens (including phenoxy) is 3. The molecule has 0 spiro atoms. The van der Waals surface area contributed by atoms with Gasteiger partial charge in [-0.25, -0.2) is 23.4 Å². The van der Waals surface area contributed by atoms with Gasteiger partial charge in [0.2, 0.25) is 0 Å². The van der Waals surface area contributed by atoms with Crippen LogP contribution < -0.4 is 10.1 Å². The number of hydrogen-bond acceptors (Lipinski definition) is 8. The number of nitrogens with zero attached hydrogens (tertiary/aromatic N) is 4. The number of nitrogens with one attached hydrogen (secondary N) is 1. The summed E-state index contributed by atoms with van der Waals surface area (Å²) >= 11 is 0. The lowest BCUT2D eigenvalue weighted by Gasteiger charge is -2.28. The predicted octanol–water partition coefficient (Wildman–Crippen LogP) is 8.23. The number of carbonyl (C=O) groups excluding carboxylic acids is 3. The van der Waals surface area contributed by atoms with Crippen LogP contribution >= 0.6 is 0 Å². The van der Waals surface area contributed by atoms with Crippen molar-refractivity contribution in [1.82, 2.24) is 19.7 Å². The number of amides is 2. The molecule has 3 heterocycles. The summed E-state index contributed by atoms with van der Waals surface area (Å²) in [7, 11) is 0. The molecule has 51 heavy (non-hydrogen) atoms. The van der Waals surface area contributed by atoms with E-state index < -0.39 is 70.4 Å². The second-order valence-corrected chi connectivity index (χ2v) is 15.6. The monoisotopic (exact) mass is 721 g/mol. The zero-order chi connectivity index (χ0) is 37.5. The highest BCUT2D eigenvalue weighted by Crippen LogP contribution is 2.62. The standard InChI is InChI=1S/C35H40F5N5O6/c1-15(2)26-24-28(23-19-13-44(21(14-46)22(19)23)32(48)51-34(6,7)8)43-45(17-9-10-17)29(24)25(37)27(42-26)18-11-16(41-31(47)50-33(3,4)5)12-20(36)30(18)49-35(38,39)40/h11-12,14-15,17,19,21-23H,9-10,13H2,1-8H3,(H,41,47)/t19-,21+,22-,23+/m0/s1. The third kappa shape index (κ3) is 7.18. The quantitative estimate of drug-likeness (QED) is 0.191. The second-order valence-electron chi connectivity index (χ2n) is 15.6. The Morgan fingerprint density at radius 3 is 2.22 bits per heavy atom. The Hall–Kier alpha value is -4.50. The molecular weight excluding hydrogens is 681 g/mol. The average molecular weight is 722 g/mol. The summed E-state index contributed by atoms with van der Waals surface area (Å²) in [6.07, 6.45) is -4.97. The first-order chi connectivity index (χ1) is 23.6. The first kappa shape index (κ1) is 36.3. The molecular formula is C35H40F5N5O6. The summed E-state index contributed by atoms with van der Waals surface area (Å²) in [4.78, 5) is 43.7. The number of aromatic nitrogens is 3. The van der Waals surface area contributed by atoms with E-state index in [9.17, 15) is 27.6 Å². The van der Waals surface area contributed by atoms with E-state index in [1.54, 1.807) is 55.4 Å². The Balaban J connectivity index is 1.49. The lowest BCUT2D eigenvalue weighted by molar-refractivity contribution is -0.275. The minimum Gasteiger partial charge on any atom is -0.444 e. The zero-order valence-electron chi connectivity index (χ0n) is 29.4. The van der Waals surface area contributed by atoms with Crippen LogP contribution in [0.5, 0.6) is 5.75 Å². The van der Waals surface area contributed by atoms with E-state index in [2.05, 4.69) is 15.0 Å². The van der Waals surface area contributed by atoms with Crippen LogP contribution in [0.25, 0.3) is 22.2 Å². The third-order valence-electron chi connectivity index (χ3n) is 8.92. The Bertz CT molecular complexity index is 1910. The number of anilines is 1. The Kier molecular flexibility index (Phi) is 8.77. The molecule has 2 aromatic heterocycles. The van der Waals surface area contributed by atoms with E-state index in [1.165, 1.54) is 9.58 Å². The van der Waals surface area contributed by atoms with Gasteiger partial charge in [0.15, 0.2) is 17.4 Å². The van der Waals surface area contributed by atoms with Crippen LogP contribution in [-0.4, -0.2) is 68.3 Å². The minimum atomic E-state index is -5.35. The number of benzene rings is 1. The van der Waals surface area contributed by atoms with Crippen molar-refractivity contribution in [2.24, 2.45) is 11.8 Å². The summed E-state index contributed by atoms with van der Waals surface area (Å²) in [5, 5.41) is 7.49. The molecule has 3 aliphatic rings. The largest absolute Gasteiger partial charge is 0.573 e. The highest BCUT2D eigenvalue weighted by molar-refractivity contribution is 5.92. The fourth-order valence-electron chi connectivity index (χ4n) is 6.87. The van der Waals surface area contributed by atoms with E-state index in [0.717, 1.165) is 6.07 Å². The summed E-state index contributed by atoms with van der Waals surface area (Å²) in [6, 6.07) is 0.532. The number of pyridine rings is 1. The maximum Gasteiger partial charge on any atom is 0.573 e. The normalized spacial score (nSPS) is 21.9. The van der Waals surface area contributed by atoms with Crippen LogP contribution in [0.3, 0.4) is 0 Å². The molecule has 276 valence electrons. The van der Waals surface area contributed by atoms with Crippen molar-refractivity contribution < 1.29 is 50.5 Å². The van der Waals surface area contributed by atoms with Gasteiger partial charge in [-0.1, -0.05) is 13.8 Å². The smallest absolute Gasteiger partial charge is 0.444 e. The lowest BCUT2D eigenvalue weighted by Crippen LogP contribution is -2.43. The van der Waals surface area contributed by atoms with Gasteiger partial charge in [0.05, 0.1) is 29.0 Å². The molecule has 2 saturated carbocycles. The van der Waals surface area contributed by atoms with Crippen molar-refractivity contribution >= 4 is 35.1 Å². The molecule has 1 aromatic carbocycles. The zero-order valence-corrected chi connectivity index (χ0v) is 29.4. The number of rotatable bonds is 7. The molecule has 2 amide bonds. The van der Waals surface area contributed by atoms with Gasteiger partial charge < -0.3 is 19.0 Å². The van der Waals surface area contributed by atoms with Crippen molar-refractivity contribution in [3.8, 4) is 17.0 Å². The molecule has 16 heteroatoms. The molecule has 2 aliphatic carbocycles. The molecule has 0 unspecified atom stereocenters. The van der Waals surface area contributed by atoms with Crippen LogP contribution in [0.4, 0.5) is 37.2 Å². The maximum absolute atomic E-state index is 17.0.